The highest BCUT2D eigenvalue weighted by Crippen LogP contribution is 2.51. The summed E-state index contributed by atoms with van der Waals surface area (Å²) in [5.74, 6) is 3.33. The van der Waals surface area contributed by atoms with E-state index in [1.54, 1.807) is 25.7 Å². The fourth-order valence-corrected chi connectivity index (χ4v) is 3.41. The van der Waals surface area contributed by atoms with E-state index in [9.17, 15) is 0 Å². The predicted octanol–water partition coefficient (Wildman–Crippen LogP) is 1.22. The Balaban J connectivity index is 1.91. The first kappa shape index (κ1) is 8.72. The molecule has 66 valence electrons. The molecule has 2 saturated carbocycles. The van der Waals surface area contributed by atoms with Gasteiger partial charge in [0.15, 0.2) is 0 Å². The zero-order valence-corrected chi connectivity index (χ0v) is 8.77. The van der Waals surface area contributed by atoms with Crippen LogP contribution < -0.4 is 0 Å². The Morgan fingerprint density at radius 1 is 1.25 bits per heavy atom. The largest absolute Gasteiger partial charge is 0.0988 e. The number of hydrogen-bond donors (Lipinski definition) is 0. The van der Waals surface area contributed by atoms with Crippen LogP contribution in [0.4, 0.5) is 0 Å². The normalized spacial score (nSPS) is 40.6. The van der Waals surface area contributed by atoms with Crippen LogP contribution in [0.5, 0.6) is 0 Å². The van der Waals surface area contributed by atoms with Crippen molar-refractivity contribution in [1.82, 2.24) is 0 Å². The molecule has 0 aromatic rings. The van der Waals surface area contributed by atoms with Crippen molar-refractivity contribution in [2.45, 2.75) is 44.2 Å². The van der Waals surface area contributed by atoms with Gasteiger partial charge in [0, 0.05) is 0 Å². The van der Waals surface area contributed by atoms with Gasteiger partial charge in [0.05, 0.1) is 15.7 Å². The van der Waals surface area contributed by atoms with Gasteiger partial charge in [-0.3, -0.25) is 0 Å². The molecule has 12 heavy (non-hydrogen) atoms. The molecule has 0 aliphatic heterocycles. The monoisotopic (exact) mass is 162 g/mol. The third-order valence-electron chi connectivity index (χ3n) is 3.76. The minimum atomic E-state index is 0.565. The number of hydrogen-bond acceptors (Lipinski definition) is 0. The van der Waals surface area contributed by atoms with Crippen LogP contribution >= 0.6 is 0 Å². The first-order chi connectivity index (χ1) is 5.54. The molecule has 0 aromatic carbocycles. The van der Waals surface area contributed by atoms with Crippen LogP contribution in [0.2, 0.25) is 5.21 Å². The molecule has 0 radical (unpaired) electrons. The third kappa shape index (κ3) is 1.72. The molecular weight excluding hydrogens is 142 g/mol. The lowest BCUT2D eigenvalue weighted by Gasteiger charge is -2.29. The van der Waals surface area contributed by atoms with E-state index in [0.717, 1.165) is 17.8 Å². The summed E-state index contributed by atoms with van der Waals surface area (Å²) in [4.78, 5) is 0. The molecular formula is C10H20B2. The van der Waals surface area contributed by atoms with Gasteiger partial charge in [-0.2, -0.15) is 0 Å². The molecule has 0 saturated heterocycles. The maximum Gasteiger partial charge on any atom is 0.0988 e. The van der Waals surface area contributed by atoms with E-state index in [1.165, 1.54) is 6.42 Å². The predicted molar refractivity (Wildman–Crippen MR) is 59.0 cm³/mol. The van der Waals surface area contributed by atoms with Gasteiger partial charge in [-0.05, 0) is 37.0 Å². The van der Waals surface area contributed by atoms with Crippen LogP contribution in [0.3, 0.4) is 0 Å². The Kier molecular flexibility index (Phi) is 2.05. The van der Waals surface area contributed by atoms with Crippen molar-refractivity contribution < 1.29 is 0 Å². The highest BCUT2D eigenvalue weighted by Gasteiger charge is 2.40. The molecule has 0 aromatic heterocycles. The Hall–Kier alpha value is 0.130. The zero-order valence-electron chi connectivity index (χ0n) is 8.77. The minimum Gasteiger partial charge on any atom is -0.0869 e. The summed E-state index contributed by atoms with van der Waals surface area (Å²) in [6.45, 7) is 2.39. The zero-order chi connectivity index (χ0) is 8.77. The fraction of sp³-hybridized carbons (Fsp3) is 1.00. The van der Waals surface area contributed by atoms with E-state index in [1.807, 2.05) is 0 Å². The van der Waals surface area contributed by atoms with Crippen molar-refractivity contribution in [2.75, 3.05) is 0 Å². The molecule has 2 heteroatoms. The fourth-order valence-electron chi connectivity index (χ4n) is 3.41. The highest BCUT2D eigenvalue weighted by atomic mass is 14.4. The summed E-state index contributed by atoms with van der Waals surface area (Å²) in [6.07, 6.45) is 7.69. The van der Waals surface area contributed by atoms with Crippen molar-refractivity contribution in [3.63, 3.8) is 0 Å². The molecule has 0 heterocycles. The van der Waals surface area contributed by atoms with Crippen molar-refractivity contribution in [3.8, 4) is 0 Å². The lowest BCUT2D eigenvalue weighted by molar-refractivity contribution is 0.305. The maximum atomic E-state index is 2.39. The van der Waals surface area contributed by atoms with Crippen molar-refractivity contribution in [2.24, 2.45) is 17.8 Å². The van der Waals surface area contributed by atoms with Crippen LogP contribution in [0.15, 0.2) is 0 Å². The van der Waals surface area contributed by atoms with E-state index >= 15 is 0 Å². The molecule has 2 fully saturated rings. The van der Waals surface area contributed by atoms with Crippen molar-refractivity contribution in [1.29, 1.82) is 0 Å². The Labute approximate surface area is 78.3 Å². The quantitative estimate of drug-likeness (QED) is 0.535. The van der Waals surface area contributed by atoms with E-state index < -0.39 is 0 Å². The minimum absolute atomic E-state index is 0.565. The van der Waals surface area contributed by atoms with Crippen LogP contribution in [0.1, 0.15) is 39.0 Å². The first-order valence-electron chi connectivity index (χ1n) is 5.54. The Morgan fingerprint density at radius 2 is 2.00 bits per heavy atom. The van der Waals surface area contributed by atoms with Gasteiger partial charge >= 0.3 is 0 Å². The average Bonchev–Trinajstić information content (AvgIpc) is 2.42. The molecule has 3 atom stereocenters. The highest BCUT2D eigenvalue weighted by molar-refractivity contribution is 6.39. The summed E-state index contributed by atoms with van der Waals surface area (Å²) in [5, 5.41) is 0.565. The van der Waals surface area contributed by atoms with Gasteiger partial charge in [0.25, 0.3) is 0 Å². The van der Waals surface area contributed by atoms with Gasteiger partial charge in [-0.25, -0.2) is 0 Å². The van der Waals surface area contributed by atoms with Gasteiger partial charge in [0.1, 0.15) is 0 Å². The molecule has 0 N–H and O–H groups in total. The molecule has 2 bridgehead atoms. The molecule has 2 rings (SSSR count). The second kappa shape index (κ2) is 2.82. The van der Waals surface area contributed by atoms with Crippen LogP contribution in [0.25, 0.3) is 0 Å². The van der Waals surface area contributed by atoms with Gasteiger partial charge in [-0.15, -0.1) is 0 Å². The average molecular weight is 162 g/mol. The van der Waals surface area contributed by atoms with E-state index in [0.29, 0.717) is 5.21 Å². The molecule has 2 aliphatic rings. The summed E-state index contributed by atoms with van der Waals surface area (Å²) < 4.78 is 0. The third-order valence-corrected chi connectivity index (χ3v) is 3.76. The molecule has 3 unspecified atom stereocenters. The molecule has 2 aliphatic carbocycles. The van der Waals surface area contributed by atoms with E-state index in [4.69, 9.17) is 0 Å². The standard InChI is InChI=1S/C10H20B2/c1-10(11,12)6-9-5-7-2-3-8(9)4-7/h7-9H,2-6,11-12H2,1H3. The molecule has 0 nitrogen and oxygen atoms in total. The van der Waals surface area contributed by atoms with Gasteiger partial charge in [0.2, 0.25) is 0 Å². The maximum absolute atomic E-state index is 2.39. The first-order valence-corrected chi connectivity index (χ1v) is 5.54. The number of fused-ring (bicyclic) bond motifs is 2. The summed E-state index contributed by atoms with van der Waals surface area (Å²) in [7, 11) is 4.78. The van der Waals surface area contributed by atoms with Crippen LogP contribution in [-0.4, -0.2) is 15.7 Å². The summed E-state index contributed by atoms with van der Waals surface area (Å²) in [5.41, 5.74) is 0. The van der Waals surface area contributed by atoms with Crippen molar-refractivity contribution >= 4 is 15.7 Å². The SMILES string of the molecule is BC(B)(C)CC1CC2CCC1C2. The molecule has 0 spiro atoms. The topological polar surface area (TPSA) is 0 Å². The summed E-state index contributed by atoms with van der Waals surface area (Å²) >= 11 is 0. The van der Waals surface area contributed by atoms with Crippen LogP contribution in [0, 0.1) is 17.8 Å². The van der Waals surface area contributed by atoms with Gasteiger partial charge < -0.3 is 0 Å². The Morgan fingerprint density at radius 3 is 2.42 bits per heavy atom. The van der Waals surface area contributed by atoms with E-state index in [-0.39, 0.29) is 0 Å². The van der Waals surface area contributed by atoms with Crippen molar-refractivity contribution in [3.05, 3.63) is 0 Å². The second-order valence-electron chi connectivity index (χ2n) is 6.20. The summed E-state index contributed by atoms with van der Waals surface area (Å²) in [6, 6.07) is 0. The molecule has 0 amide bonds. The van der Waals surface area contributed by atoms with E-state index in [2.05, 4.69) is 22.6 Å². The second-order valence-corrected chi connectivity index (χ2v) is 6.20. The Bertz CT molecular complexity index is 171. The van der Waals surface area contributed by atoms with Gasteiger partial charge in [-0.1, -0.05) is 25.0 Å². The number of rotatable bonds is 2. The lowest BCUT2D eigenvalue weighted by Crippen LogP contribution is -2.18. The lowest BCUT2D eigenvalue weighted by atomic mass is 9.51. The van der Waals surface area contributed by atoms with Crippen LogP contribution in [-0.2, 0) is 0 Å². The smallest absolute Gasteiger partial charge is 0.0869 e.